The molecule has 3 rings (SSSR count). The molecule has 21 heavy (non-hydrogen) atoms. The molecular formula is C13H6BrCl2F2N3. The first-order chi connectivity index (χ1) is 10.0. The van der Waals surface area contributed by atoms with Gasteiger partial charge >= 0.3 is 0 Å². The third-order valence-corrected chi connectivity index (χ3v) is 3.94. The van der Waals surface area contributed by atoms with Crippen molar-refractivity contribution in [2.24, 2.45) is 0 Å². The molecule has 2 heterocycles. The molecule has 0 aliphatic rings. The number of aromatic nitrogens is 3. The van der Waals surface area contributed by atoms with E-state index in [4.69, 9.17) is 23.2 Å². The summed E-state index contributed by atoms with van der Waals surface area (Å²) in [6.45, 7) is 0. The second kappa shape index (κ2) is 5.51. The molecule has 0 bridgehead atoms. The largest absolute Gasteiger partial charge is 0.277 e. The van der Waals surface area contributed by atoms with Gasteiger partial charge in [-0.25, -0.2) is 18.7 Å². The van der Waals surface area contributed by atoms with Crippen LogP contribution in [0.3, 0.4) is 0 Å². The zero-order valence-electron chi connectivity index (χ0n) is 10.2. The van der Waals surface area contributed by atoms with Gasteiger partial charge in [-0.2, -0.15) is 0 Å². The van der Waals surface area contributed by atoms with Crippen LogP contribution in [0.1, 0.15) is 5.82 Å². The van der Waals surface area contributed by atoms with E-state index >= 15 is 0 Å². The summed E-state index contributed by atoms with van der Waals surface area (Å²) in [5, 5.41) is 0.399. The Bertz CT molecular complexity index is 851. The lowest BCUT2D eigenvalue weighted by molar-refractivity contribution is 0.587. The van der Waals surface area contributed by atoms with Gasteiger partial charge in [-0.3, -0.25) is 4.57 Å². The topological polar surface area (TPSA) is 30.7 Å². The lowest BCUT2D eigenvalue weighted by Crippen LogP contribution is -2.04. The Morgan fingerprint density at radius 3 is 2.67 bits per heavy atom. The van der Waals surface area contributed by atoms with Gasteiger partial charge in [0.25, 0.3) is 0 Å². The van der Waals surface area contributed by atoms with E-state index in [2.05, 4.69) is 25.9 Å². The molecule has 0 fully saturated rings. The van der Waals surface area contributed by atoms with E-state index in [1.54, 1.807) is 6.07 Å². The minimum atomic E-state index is -0.620. The van der Waals surface area contributed by atoms with Crippen molar-refractivity contribution in [3.8, 4) is 5.69 Å². The third kappa shape index (κ3) is 2.52. The SMILES string of the molecule is Fc1cc(-n2c(CCl)nc3cc(Cl)cnc32)c(F)cc1Br. The first-order valence-electron chi connectivity index (χ1n) is 5.75. The lowest BCUT2D eigenvalue weighted by Gasteiger charge is -2.09. The Hall–Kier alpha value is -1.24. The summed E-state index contributed by atoms with van der Waals surface area (Å²) < 4.78 is 29.3. The highest BCUT2D eigenvalue weighted by Gasteiger charge is 2.18. The van der Waals surface area contributed by atoms with E-state index in [9.17, 15) is 8.78 Å². The van der Waals surface area contributed by atoms with E-state index in [0.29, 0.717) is 22.0 Å². The number of nitrogens with zero attached hydrogens (tertiary/aromatic N) is 3. The Kier molecular flexibility index (Phi) is 3.86. The number of imidazole rings is 1. The van der Waals surface area contributed by atoms with Gasteiger partial charge < -0.3 is 0 Å². The molecule has 0 spiro atoms. The van der Waals surface area contributed by atoms with Crippen LogP contribution >= 0.6 is 39.1 Å². The number of alkyl halides is 1. The number of hydrogen-bond donors (Lipinski definition) is 0. The molecular weight excluding hydrogens is 387 g/mol. The fraction of sp³-hybridized carbons (Fsp3) is 0.0769. The molecule has 0 radical (unpaired) electrons. The number of fused-ring (bicyclic) bond motifs is 1. The molecule has 1 aromatic carbocycles. The van der Waals surface area contributed by atoms with Crippen molar-refractivity contribution < 1.29 is 8.78 Å². The predicted molar refractivity (Wildman–Crippen MR) is 81.0 cm³/mol. The van der Waals surface area contributed by atoms with Crippen molar-refractivity contribution >= 4 is 50.3 Å². The molecule has 0 atom stereocenters. The molecule has 0 aliphatic carbocycles. The van der Waals surface area contributed by atoms with Gasteiger partial charge in [0.15, 0.2) is 5.65 Å². The number of rotatable bonds is 2. The van der Waals surface area contributed by atoms with Gasteiger partial charge in [0.1, 0.15) is 23.0 Å². The minimum Gasteiger partial charge on any atom is -0.277 e. The number of halogens is 5. The fourth-order valence-electron chi connectivity index (χ4n) is 2.01. The monoisotopic (exact) mass is 391 g/mol. The molecule has 3 aromatic rings. The van der Waals surface area contributed by atoms with E-state index in [0.717, 1.165) is 12.1 Å². The van der Waals surface area contributed by atoms with Crippen molar-refractivity contribution in [1.29, 1.82) is 0 Å². The van der Waals surface area contributed by atoms with Crippen LogP contribution in [0.2, 0.25) is 5.02 Å². The standard InChI is InChI=1S/C13H6BrCl2F2N3/c14-7-2-9(18)11(3-8(7)17)21-12(4-15)20-10-1-6(16)5-19-13(10)21/h1-3,5H,4H2. The van der Waals surface area contributed by atoms with Gasteiger partial charge in [-0.15, -0.1) is 11.6 Å². The highest BCUT2D eigenvalue weighted by Crippen LogP contribution is 2.28. The van der Waals surface area contributed by atoms with Crippen molar-refractivity contribution in [2.45, 2.75) is 5.88 Å². The molecule has 0 aliphatic heterocycles. The maximum atomic E-state index is 14.2. The van der Waals surface area contributed by atoms with Crippen LogP contribution in [0.25, 0.3) is 16.9 Å². The Morgan fingerprint density at radius 2 is 1.95 bits per heavy atom. The van der Waals surface area contributed by atoms with E-state index in [-0.39, 0.29) is 16.0 Å². The maximum Gasteiger partial charge on any atom is 0.164 e. The number of hydrogen-bond acceptors (Lipinski definition) is 2. The third-order valence-electron chi connectivity index (χ3n) is 2.88. The Labute approximate surface area is 136 Å². The summed E-state index contributed by atoms with van der Waals surface area (Å²) in [4.78, 5) is 8.37. The molecule has 0 N–H and O–H groups in total. The summed E-state index contributed by atoms with van der Waals surface area (Å²) in [6.07, 6.45) is 1.41. The first kappa shape index (κ1) is 14.7. The lowest BCUT2D eigenvalue weighted by atomic mass is 10.3. The summed E-state index contributed by atoms with van der Waals surface area (Å²) in [6, 6.07) is 3.70. The van der Waals surface area contributed by atoms with Gasteiger partial charge in [-0.05, 0) is 28.1 Å². The van der Waals surface area contributed by atoms with E-state index in [1.165, 1.54) is 10.8 Å². The second-order valence-corrected chi connectivity index (χ2v) is 5.77. The second-order valence-electron chi connectivity index (χ2n) is 4.21. The predicted octanol–water partition coefficient (Wildman–Crippen LogP) is 4.85. The molecule has 108 valence electrons. The Morgan fingerprint density at radius 1 is 1.19 bits per heavy atom. The average molecular weight is 393 g/mol. The van der Waals surface area contributed by atoms with Crippen LogP contribution < -0.4 is 0 Å². The molecule has 0 saturated carbocycles. The van der Waals surface area contributed by atoms with Crippen LogP contribution in [0, 0.1) is 11.6 Å². The van der Waals surface area contributed by atoms with Crippen molar-refractivity contribution in [3.05, 3.63) is 51.4 Å². The summed E-state index contributed by atoms with van der Waals surface area (Å²) in [5.74, 6) is -0.846. The number of benzene rings is 1. The zero-order chi connectivity index (χ0) is 15.1. The highest BCUT2D eigenvalue weighted by molar-refractivity contribution is 9.10. The van der Waals surface area contributed by atoms with Crippen molar-refractivity contribution in [2.75, 3.05) is 0 Å². The average Bonchev–Trinajstić information content (AvgIpc) is 2.80. The summed E-state index contributed by atoms with van der Waals surface area (Å²) in [5.41, 5.74) is 0.806. The van der Waals surface area contributed by atoms with Crippen LogP contribution in [0.4, 0.5) is 8.78 Å². The molecule has 8 heteroatoms. The zero-order valence-corrected chi connectivity index (χ0v) is 13.3. The summed E-state index contributed by atoms with van der Waals surface area (Å²) >= 11 is 14.6. The summed E-state index contributed by atoms with van der Waals surface area (Å²) in [7, 11) is 0. The molecule has 0 saturated heterocycles. The quantitative estimate of drug-likeness (QED) is 0.460. The smallest absolute Gasteiger partial charge is 0.164 e. The van der Waals surface area contributed by atoms with Gasteiger partial charge in [0.05, 0.1) is 21.1 Å². The van der Waals surface area contributed by atoms with Gasteiger partial charge in [0.2, 0.25) is 0 Å². The minimum absolute atomic E-state index is 0.0105. The normalized spacial score (nSPS) is 11.3. The van der Waals surface area contributed by atoms with Crippen molar-refractivity contribution in [1.82, 2.24) is 14.5 Å². The molecule has 2 aromatic heterocycles. The maximum absolute atomic E-state index is 14.2. The molecule has 3 nitrogen and oxygen atoms in total. The van der Waals surface area contributed by atoms with Gasteiger partial charge in [-0.1, -0.05) is 11.6 Å². The molecule has 0 amide bonds. The van der Waals surface area contributed by atoms with Crippen LogP contribution in [0.5, 0.6) is 0 Å². The highest BCUT2D eigenvalue weighted by atomic mass is 79.9. The van der Waals surface area contributed by atoms with Crippen LogP contribution in [-0.4, -0.2) is 14.5 Å². The van der Waals surface area contributed by atoms with Crippen LogP contribution in [-0.2, 0) is 5.88 Å². The van der Waals surface area contributed by atoms with Crippen LogP contribution in [0.15, 0.2) is 28.9 Å². The fourth-order valence-corrected chi connectivity index (χ4v) is 2.66. The molecule has 0 unspecified atom stereocenters. The van der Waals surface area contributed by atoms with E-state index in [1.807, 2.05) is 0 Å². The number of pyridine rings is 1. The first-order valence-corrected chi connectivity index (χ1v) is 7.45. The van der Waals surface area contributed by atoms with E-state index < -0.39 is 11.6 Å². The van der Waals surface area contributed by atoms with Crippen molar-refractivity contribution in [3.63, 3.8) is 0 Å². The Balaban J connectivity index is 2.36. The van der Waals surface area contributed by atoms with Gasteiger partial charge in [0, 0.05) is 12.3 Å².